The van der Waals surface area contributed by atoms with Crippen molar-refractivity contribution in [1.82, 2.24) is 19.3 Å². The number of nitrogens with zero attached hydrogens (tertiary/aromatic N) is 4. The number of hydrogen-bond donors (Lipinski definition) is 1. The van der Waals surface area contributed by atoms with Crippen molar-refractivity contribution in [3.05, 3.63) is 42.7 Å². The Bertz CT molecular complexity index is 688. The highest BCUT2D eigenvalue weighted by Gasteiger charge is 2.18. The Morgan fingerprint density at radius 3 is 2.95 bits per heavy atom. The van der Waals surface area contributed by atoms with Gasteiger partial charge in [0, 0.05) is 31.7 Å². The Morgan fingerprint density at radius 1 is 1.42 bits per heavy atom. The Morgan fingerprint density at radius 2 is 2.26 bits per heavy atom. The summed E-state index contributed by atoms with van der Waals surface area (Å²) in [6.45, 7) is 0.667. The van der Waals surface area contributed by atoms with Crippen LogP contribution >= 0.6 is 0 Å². The van der Waals surface area contributed by atoms with E-state index in [1.54, 1.807) is 29.4 Å². The second-order valence-electron chi connectivity index (χ2n) is 3.66. The van der Waals surface area contributed by atoms with Crippen LogP contribution in [0.5, 0.6) is 0 Å². The molecule has 0 saturated carbocycles. The lowest BCUT2D eigenvalue weighted by Gasteiger charge is -2.07. The Balaban J connectivity index is 2.08. The monoisotopic (exact) mass is 277 g/mol. The third-order valence-electron chi connectivity index (χ3n) is 2.39. The summed E-state index contributed by atoms with van der Waals surface area (Å²) in [7, 11) is -3.72. The van der Waals surface area contributed by atoms with E-state index >= 15 is 0 Å². The SMILES string of the molecule is N#Cc1ncccc1S(=O)(=O)NCCn1ccnc1. The average molecular weight is 277 g/mol. The lowest BCUT2D eigenvalue weighted by molar-refractivity contribution is 0.572. The second kappa shape index (κ2) is 5.60. The molecule has 0 aliphatic rings. The Labute approximate surface area is 110 Å². The number of rotatable bonds is 5. The molecule has 19 heavy (non-hydrogen) atoms. The first-order chi connectivity index (χ1) is 9.13. The van der Waals surface area contributed by atoms with Crippen LogP contribution < -0.4 is 4.72 Å². The van der Waals surface area contributed by atoms with Crippen LogP contribution in [-0.2, 0) is 16.6 Å². The molecule has 1 N–H and O–H groups in total. The first-order valence-corrected chi connectivity index (χ1v) is 6.92. The maximum absolute atomic E-state index is 12.0. The predicted molar refractivity (Wildman–Crippen MR) is 66.4 cm³/mol. The van der Waals surface area contributed by atoms with E-state index in [1.807, 2.05) is 0 Å². The molecular weight excluding hydrogens is 266 g/mol. The first-order valence-electron chi connectivity index (χ1n) is 5.44. The molecule has 0 bridgehead atoms. The topological polar surface area (TPSA) is 101 Å². The fourth-order valence-corrected chi connectivity index (χ4v) is 2.62. The Hall–Kier alpha value is -2.24. The molecule has 0 atom stereocenters. The first kappa shape index (κ1) is 13.2. The number of pyridine rings is 1. The summed E-state index contributed by atoms with van der Waals surface area (Å²) < 4.78 is 28.2. The van der Waals surface area contributed by atoms with E-state index in [1.165, 1.54) is 18.3 Å². The lowest BCUT2D eigenvalue weighted by Crippen LogP contribution is -2.28. The van der Waals surface area contributed by atoms with Crippen molar-refractivity contribution in [2.45, 2.75) is 11.4 Å². The molecule has 2 heterocycles. The quantitative estimate of drug-likeness (QED) is 0.837. The molecule has 0 saturated heterocycles. The predicted octanol–water partition coefficient (Wildman–Crippen LogP) is 0.128. The van der Waals surface area contributed by atoms with Crippen molar-refractivity contribution in [3.8, 4) is 6.07 Å². The lowest BCUT2D eigenvalue weighted by atomic mass is 10.4. The van der Waals surface area contributed by atoms with Gasteiger partial charge in [0.2, 0.25) is 10.0 Å². The van der Waals surface area contributed by atoms with Gasteiger partial charge in [-0.15, -0.1) is 0 Å². The number of sulfonamides is 1. The van der Waals surface area contributed by atoms with Crippen LogP contribution in [0.4, 0.5) is 0 Å². The van der Waals surface area contributed by atoms with Crippen molar-refractivity contribution >= 4 is 10.0 Å². The number of nitriles is 1. The van der Waals surface area contributed by atoms with Crippen LogP contribution in [0.15, 0.2) is 41.9 Å². The van der Waals surface area contributed by atoms with Gasteiger partial charge in [0.05, 0.1) is 6.33 Å². The molecule has 0 aromatic carbocycles. The van der Waals surface area contributed by atoms with E-state index in [2.05, 4.69) is 14.7 Å². The van der Waals surface area contributed by atoms with Gasteiger partial charge in [-0.05, 0) is 12.1 Å². The fourth-order valence-electron chi connectivity index (χ4n) is 1.50. The number of aromatic nitrogens is 3. The van der Waals surface area contributed by atoms with E-state index in [9.17, 15) is 8.42 Å². The van der Waals surface area contributed by atoms with Crippen LogP contribution in [0.1, 0.15) is 5.69 Å². The van der Waals surface area contributed by atoms with Gasteiger partial charge in [-0.25, -0.2) is 23.1 Å². The summed E-state index contributed by atoms with van der Waals surface area (Å²) in [6.07, 6.45) is 6.32. The molecule has 98 valence electrons. The molecular formula is C11H11N5O2S. The minimum atomic E-state index is -3.72. The minimum Gasteiger partial charge on any atom is -0.336 e. The summed E-state index contributed by atoms with van der Waals surface area (Å²) in [6, 6.07) is 4.59. The zero-order chi connectivity index (χ0) is 13.7. The van der Waals surface area contributed by atoms with Gasteiger partial charge in [-0.1, -0.05) is 0 Å². The molecule has 7 nitrogen and oxygen atoms in total. The molecule has 0 aliphatic carbocycles. The summed E-state index contributed by atoms with van der Waals surface area (Å²) in [5.41, 5.74) is -0.113. The van der Waals surface area contributed by atoms with Gasteiger partial charge in [0.15, 0.2) is 5.69 Å². The molecule has 0 spiro atoms. The van der Waals surface area contributed by atoms with Gasteiger partial charge in [-0.3, -0.25) is 0 Å². The second-order valence-corrected chi connectivity index (χ2v) is 5.40. The highest BCUT2D eigenvalue weighted by molar-refractivity contribution is 7.89. The summed E-state index contributed by atoms with van der Waals surface area (Å²) >= 11 is 0. The van der Waals surface area contributed by atoms with Crippen LogP contribution in [0.25, 0.3) is 0 Å². The van der Waals surface area contributed by atoms with E-state index in [0.717, 1.165) is 0 Å². The normalized spacial score (nSPS) is 11.1. The Kier molecular flexibility index (Phi) is 3.89. The van der Waals surface area contributed by atoms with Crippen molar-refractivity contribution < 1.29 is 8.42 Å². The van der Waals surface area contributed by atoms with Crippen LogP contribution in [0.3, 0.4) is 0 Å². The summed E-state index contributed by atoms with van der Waals surface area (Å²) in [5.74, 6) is 0. The molecule has 8 heteroatoms. The minimum absolute atomic E-state index is 0.108. The molecule has 0 radical (unpaired) electrons. The van der Waals surface area contributed by atoms with Crippen molar-refractivity contribution in [3.63, 3.8) is 0 Å². The molecule has 0 amide bonds. The molecule has 0 aliphatic heterocycles. The van der Waals surface area contributed by atoms with Gasteiger partial charge >= 0.3 is 0 Å². The summed E-state index contributed by atoms with van der Waals surface area (Å²) in [5, 5.41) is 8.84. The standard InChI is InChI=1S/C11H11N5O2S/c12-8-10-11(2-1-3-14-10)19(17,18)15-5-7-16-6-4-13-9-16/h1-4,6,9,15H,5,7H2. The van der Waals surface area contributed by atoms with Gasteiger partial charge in [0.1, 0.15) is 11.0 Å². The molecule has 2 aromatic heterocycles. The van der Waals surface area contributed by atoms with Gasteiger partial charge < -0.3 is 4.57 Å². The largest absolute Gasteiger partial charge is 0.336 e. The van der Waals surface area contributed by atoms with E-state index in [0.29, 0.717) is 6.54 Å². The van der Waals surface area contributed by atoms with E-state index in [-0.39, 0.29) is 17.1 Å². The van der Waals surface area contributed by atoms with E-state index < -0.39 is 10.0 Å². The molecule has 0 unspecified atom stereocenters. The van der Waals surface area contributed by atoms with Crippen molar-refractivity contribution in [2.75, 3.05) is 6.54 Å². The zero-order valence-corrected chi connectivity index (χ0v) is 10.7. The molecule has 2 rings (SSSR count). The smallest absolute Gasteiger partial charge is 0.243 e. The zero-order valence-electron chi connectivity index (χ0n) is 9.89. The van der Waals surface area contributed by atoms with Crippen LogP contribution in [0, 0.1) is 11.3 Å². The highest BCUT2D eigenvalue weighted by atomic mass is 32.2. The maximum Gasteiger partial charge on any atom is 0.243 e. The fraction of sp³-hybridized carbons (Fsp3) is 0.182. The number of imidazole rings is 1. The molecule has 2 aromatic rings. The third-order valence-corrected chi connectivity index (χ3v) is 3.88. The third kappa shape index (κ3) is 3.15. The van der Waals surface area contributed by atoms with Crippen LogP contribution in [-0.4, -0.2) is 29.5 Å². The van der Waals surface area contributed by atoms with Gasteiger partial charge in [0.25, 0.3) is 0 Å². The number of nitrogens with one attached hydrogen (secondary N) is 1. The maximum atomic E-state index is 12.0. The van der Waals surface area contributed by atoms with Gasteiger partial charge in [-0.2, -0.15) is 5.26 Å². The molecule has 0 fully saturated rings. The number of hydrogen-bond acceptors (Lipinski definition) is 5. The van der Waals surface area contributed by atoms with Crippen molar-refractivity contribution in [2.24, 2.45) is 0 Å². The van der Waals surface area contributed by atoms with E-state index in [4.69, 9.17) is 5.26 Å². The van der Waals surface area contributed by atoms with Crippen molar-refractivity contribution in [1.29, 1.82) is 5.26 Å². The highest BCUT2D eigenvalue weighted by Crippen LogP contribution is 2.11. The summed E-state index contributed by atoms with van der Waals surface area (Å²) in [4.78, 5) is 7.47. The average Bonchev–Trinajstić information content (AvgIpc) is 2.91. The van der Waals surface area contributed by atoms with Crippen LogP contribution in [0.2, 0.25) is 0 Å².